The summed E-state index contributed by atoms with van der Waals surface area (Å²) in [4.78, 5) is 27.8. The van der Waals surface area contributed by atoms with Gasteiger partial charge >= 0.3 is 0 Å². The molecule has 2 aliphatic heterocycles. The summed E-state index contributed by atoms with van der Waals surface area (Å²) in [6, 6.07) is 16.4. The summed E-state index contributed by atoms with van der Waals surface area (Å²) < 4.78 is 34.9. The van der Waals surface area contributed by atoms with Crippen LogP contribution in [0, 0.1) is 5.92 Å². The summed E-state index contributed by atoms with van der Waals surface area (Å²) in [6.07, 6.45) is 3.37. The predicted molar refractivity (Wildman–Crippen MR) is 163 cm³/mol. The van der Waals surface area contributed by atoms with E-state index in [0.717, 1.165) is 32.4 Å². The highest BCUT2D eigenvalue weighted by Crippen LogP contribution is 2.36. The molecule has 1 atom stereocenters. The van der Waals surface area contributed by atoms with E-state index >= 15 is 0 Å². The Bertz CT molecular complexity index is 1550. The third kappa shape index (κ3) is 7.18. The SMILES string of the molecule is O=C(NCC1CCNCC1)[C@@H]1CCCN1C(=O)c1ccc(S(=O)(=O)Nc2ccccc2Oc2ccc(Cl)cc2Cl)cc1. The molecule has 0 bridgehead atoms. The molecule has 0 unspecified atom stereocenters. The van der Waals surface area contributed by atoms with E-state index in [-0.39, 0.29) is 33.2 Å². The van der Waals surface area contributed by atoms with Gasteiger partial charge in [-0.2, -0.15) is 0 Å². The number of nitrogens with zero attached hydrogens (tertiary/aromatic N) is 1. The Morgan fingerprint density at radius 2 is 1.69 bits per heavy atom. The zero-order valence-electron chi connectivity index (χ0n) is 22.8. The monoisotopic (exact) mass is 630 g/mol. The van der Waals surface area contributed by atoms with Crippen LogP contribution in [0.1, 0.15) is 36.0 Å². The summed E-state index contributed by atoms with van der Waals surface area (Å²) in [5, 5.41) is 7.07. The fourth-order valence-electron chi connectivity index (χ4n) is 5.19. The van der Waals surface area contributed by atoms with Crippen molar-refractivity contribution in [3.05, 3.63) is 82.3 Å². The normalized spacial score (nSPS) is 17.6. The van der Waals surface area contributed by atoms with Crippen LogP contribution in [0.25, 0.3) is 0 Å². The van der Waals surface area contributed by atoms with Gasteiger partial charge in [0.2, 0.25) is 5.91 Å². The Morgan fingerprint density at radius 1 is 0.952 bits per heavy atom. The molecule has 42 heavy (non-hydrogen) atoms. The number of carbonyl (C=O) groups is 2. The third-order valence-electron chi connectivity index (χ3n) is 7.50. The highest BCUT2D eigenvalue weighted by Gasteiger charge is 2.35. The van der Waals surface area contributed by atoms with E-state index < -0.39 is 16.1 Å². The van der Waals surface area contributed by atoms with E-state index in [0.29, 0.717) is 41.8 Å². The lowest BCUT2D eigenvalue weighted by Gasteiger charge is -2.26. The van der Waals surface area contributed by atoms with Gasteiger partial charge in [-0.05, 0) is 99.3 Å². The zero-order valence-corrected chi connectivity index (χ0v) is 25.1. The number of ether oxygens (including phenoxy) is 1. The van der Waals surface area contributed by atoms with Gasteiger partial charge in [-0.1, -0.05) is 35.3 Å². The molecule has 3 aromatic rings. The van der Waals surface area contributed by atoms with Crippen LogP contribution in [0.3, 0.4) is 0 Å². The van der Waals surface area contributed by atoms with E-state index in [1.54, 1.807) is 41.3 Å². The largest absolute Gasteiger partial charge is 0.454 e. The fraction of sp³-hybridized carbons (Fsp3) is 0.333. The number of hydrogen-bond acceptors (Lipinski definition) is 6. The first-order valence-electron chi connectivity index (χ1n) is 13.9. The first kappa shape index (κ1) is 30.2. The minimum atomic E-state index is -4.03. The summed E-state index contributed by atoms with van der Waals surface area (Å²) in [5.74, 6) is 0.567. The van der Waals surface area contributed by atoms with Gasteiger partial charge in [0.1, 0.15) is 11.8 Å². The molecule has 0 aromatic heterocycles. The van der Waals surface area contributed by atoms with Crippen molar-refractivity contribution in [1.29, 1.82) is 0 Å². The van der Waals surface area contributed by atoms with Crippen molar-refractivity contribution in [3.8, 4) is 11.5 Å². The molecule has 12 heteroatoms. The molecule has 2 heterocycles. The summed E-state index contributed by atoms with van der Waals surface area (Å²) >= 11 is 12.2. The van der Waals surface area contributed by atoms with Gasteiger partial charge in [0.15, 0.2) is 5.75 Å². The summed E-state index contributed by atoms with van der Waals surface area (Å²) in [7, 11) is -4.03. The number of benzene rings is 3. The molecule has 0 radical (unpaired) electrons. The van der Waals surface area contributed by atoms with Crippen molar-refractivity contribution in [2.45, 2.75) is 36.6 Å². The fourth-order valence-corrected chi connectivity index (χ4v) is 6.71. The second kappa shape index (κ2) is 13.3. The first-order chi connectivity index (χ1) is 20.2. The predicted octanol–water partition coefficient (Wildman–Crippen LogP) is 5.31. The topological polar surface area (TPSA) is 117 Å². The molecule has 2 aliphatic rings. The van der Waals surface area contributed by atoms with Crippen molar-refractivity contribution in [3.63, 3.8) is 0 Å². The number of nitrogens with one attached hydrogen (secondary N) is 3. The van der Waals surface area contributed by atoms with E-state index in [1.807, 2.05) is 0 Å². The molecule has 3 N–H and O–H groups in total. The van der Waals surface area contributed by atoms with Gasteiger partial charge in [0.05, 0.1) is 15.6 Å². The maximum Gasteiger partial charge on any atom is 0.262 e. The number of anilines is 1. The third-order valence-corrected chi connectivity index (χ3v) is 9.41. The van der Waals surface area contributed by atoms with Crippen molar-refractivity contribution in [2.24, 2.45) is 5.92 Å². The van der Waals surface area contributed by atoms with Crippen molar-refractivity contribution >= 4 is 50.7 Å². The molecule has 3 aromatic carbocycles. The molecular weight excluding hydrogens is 599 g/mol. The van der Waals surface area contributed by atoms with Gasteiger partial charge in [-0.15, -0.1) is 0 Å². The smallest absolute Gasteiger partial charge is 0.262 e. The van der Waals surface area contributed by atoms with E-state index in [4.69, 9.17) is 27.9 Å². The molecule has 2 saturated heterocycles. The molecular formula is C30H32Cl2N4O5S. The Kier molecular flexibility index (Phi) is 9.57. The number of sulfonamides is 1. The van der Waals surface area contributed by atoms with Gasteiger partial charge < -0.3 is 20.3 Å². The lowest BCUT2D eigenvalue weighted by molar-refractivity contribution is -0.125. The van der Waals surface area contributed by atoms with Gasteiger partial charge in [0.25, 0.3) is 15.9 Å². The van der Waals surface area contributed by atoms with Gasteiger partial charge in [0, 0.05) is 23.7 Å². The average Bonchev–Trinajstić information content (AvgIpc) is 3.49. The molecule has 0 spiro atoms. The van der Waals surface area contributed by atoms with Crippen LogP contribution in [-0.2, 0) is 14.8 Å². The standard InChI is InChI=1S/C30H32Cl2N4O5S/c31-22-9-12-27(24(32)18-22)41-28-6-2-1-4-25(28)35-42(39,40)23-10-7-21(8-11-23)30(38)36-17-3-5-26(36)29(37)34-19-20-13-15-33-16-14-20/h1-2,4,6-12,18,20,26,33,35H,3,5,13-17,19H2,(H,34,37)/t26-/m0/s1. The van der Waals surface area contributed by atoms with Crippen LogP contribution in [0.5, 0.6) is 11.5 Å². The maximum atomic E-state index is 13.3. The van der Waals surface area contributed by atoms with Crippen molar-refractivity contribution in [1.82, 2.24) is 15.5 Å². The Hall–Kier alpha value is -3.31. The van der Waals surface area contributed by atoms with E-state index in [2.05, 4.69) is 15.4 Å². The molecule has 2 fully saturated rings. The number of hydrogen-bond donors (Lipinski definition) is 3. The van der Waals surface area contributed by atoms with E-state index in [1.165, 1.54) is 30.3 Å². The highest BCUT2D eigenvalue weighted by molar-refractivity contribution is 7.92. The van der Waals surface area contributed by atoms with Crippen LogP contribution in [0.15, 0.2) is 71.6 Å². The minimum Gasteiger partial charge on any atom is -0.454 e. The number of piperidine rings is 1. The number of rotatable bonds is 9. The zero-order chi connectivity index (χ0) is 29.7. The number of halogens is 2. The Morgan fingerprint density at radius 3 is 2.43 bits per heavy atom. The van der Waals surface area contributed by atoms with Crippen LogP contribution in [0.4, 0.5) is 5.69 Å². The molecule has 0 aliphatic carbocycles. The molecule has 9 nitrogen and oxygen atoms in total. The van der Waals surface area contributed by atoms with Crippen molar-refractivity contribution in [2.75, 3.05) is 30.9 Å². The number of para-hydroxylation sites is 2. The minimum absolute atomic E-state index is 0.0314. The molecule has 0 saturated carbocycles. The van der Waals surface area contributed by atoms with Crippen molar-refractivity contribution < 1.29 is 22.7 Å². The average molecular weight is 632 g/mol. The maximum absolute atomic E-state index is 13.3. The number of amides is 2. The molecule has 222 valence electrons. The second-order valence-corrected chi connectivity index (χ2v) is 12.9. The van der Waals surface area contributed by atoms with E-state index in [9.17, 15) is 18.0 Å². The Labute approximate surface area is 255 Å². The van der Waals surface area contributed by atoms with Crippen LogP contribution in [0.2, 0.25) is 10.0 Å². The number of likely N-dealkylation sites (tertiary alicyclic amines) is 1. The molecule has 2 amide bonds. The molecule has 5 rings (SSSR count). The Balaban J connectivity index is 1.24. The lowest BCUT2D eigenvalue weighted by Crippen LogP contribution is -2.47. The second-order valence-electron chi connectivity index (χ2n) is 10.4. The van der Waals surface area contributed by atoms with Crippen LogP contribution < -0.4 is 20.1 Å². The summed E-state index contributed by atoms with van der Waals surface area (Å²) in [6.45, 7) is 2.99. The lowest BCUT2D eigenvalue weighted by atomic mass is 9.98. The van der Waals surface area contributed by atoms with Gasteiger partial charge in [-0.25, -0.2) is 8.42 Å². The van der Waals surface area contributed by atoms with Crippen LogP contribution >= 0.6 is 23.2 Å². The van der Waals surface area contributed by atoms with Gasteiger partial charge in [-0.3, -0.25) is 14.3 Å². The summed E-state index contributed by atoms with van der Waals surface area (Å²) in [5.41, 5.74) is 0.521. The first-order valence-corrected chi connectivity index (χ1v) is 16.1. The number of carbonyl (C=O) groups excluding carboxylic acids is 2. The van der Waals surface area contributed by atoms with Crippen LogP contribution in [-0.4, -0.2) is 57.4 Å². The quantitative estimate of drug-likeness (QED) is 0.295. The highest BCUT2D eigenvalue weighted by atomic mass is 35.5.